The van der Waals surface area contributed by atoms with Crippen LogP contribution >= 0.6 is 0 Å². The van der Waals surface area contributed by atoms with Crippen LogP contribution in [0.1, 0.15) is 13.8 Å². The molecule has 0 aliphatic carbocycles. The van der Waals surface area contributed by atoms with Crippen molar-refractivity contribution in [2.24, 2.45) is 0 Å². The molecule has 1 fully saturated rings. The largest absolute Gasteiger partial charge is 0.387 e. The van der Waals surface area contributed by atoms with Gasteiger partial charge in [-0.15, -0.1) is 0 Å². The third-order valence-corrected chi connectivity index (χ3v) is 2.85. The highest BCUT2D eigenvalue weighted by Crippen LogP contribution is 2.28. The van der Waals surface area contributed by atoms with Crippen LogP contribution in [-0.2, 0) is 14.3 Å². The maximum Gasteiger partial charge on any atom is 0.251 e. The van der Waals surface area contributed by atoms with Crippen molar-refractivity contribution in [3.8, 4) is 0 Å². The van der Waals surface area contributed by atoms with Gasteiger partial charge >= 0.3 is 0 Å². The van der Waals surface area contributed by atoms with Crippen molar-refractivity contribution in [1.29, 1.82) is 0 Å². The number of likely N-dealkylation sites (N-methyl/N-ethyl adjacent to an activating group) is 1. The molecule has 1 rings (SSSR count). The van der Waals surface area contributed by atoms with Crippen LogP contribution in [0.15, 0.2) is 0 Å². The van der Waals surface area contributed by atoms with Crippen LogP contribution < -0.4 is 10.6 Å². The van der Waals surface area contributed by atoms with Gasteiger partial charge in [-0.25, -0.2) is 0 Å². The summed E-state index contributed by atoms with van der Waals surface area (Å²) in [6.45, 7) is 2.51. The van der Waals surface area contributed by atoms with Gasteiger partial charge in [0, 0.05) is 14.0 Å². The number of hydrogen-bond acceptors (Lipinski definition) is 6. The molecule has 18 heavy (non-hydrogen) atoms. The Morgan fingerprint density at radius 3 is 2.22 bits per heavy atom. The smallest absolute Gasteiger partial charge is 0.251 e. The van der Waals surface area contributed by atoms with Gasteiger partial charge in [0.05, 0.1) is 0 Å². The van der Waals surface area contributed by atoms with Crippen LogP contribution in [0, 0.1) is 0 Å². The highest BCUT2D eigenvalue weighted by Gasteiger charge is 2.53. The van der Waals surface area contributed by atoms with Crippen molar-refractivity contribution >= 4 is 11.8 Å². The van der Waals surface area contributed by atoms with E-state index in [0.29, 0.717) is 0 Å². The molecule has 0 spiro atoms. The number of hydrogen-bond donors (Lipinski definition) is 5. The van der Waals surface area contributed by atoms with Crippen LogP contribution in [-0.4, -0.2) is 64.3 Å². The van der Waals surface area contributed by atoms with Crippen LogP contribution in [0.3, 0.4) is 0 Å². The lowest BCUT2D eigenvalue weighted by Crippen LogP contribution is -2.71. The molecule has 0 aromatic rings. The lowest BCUT2D eigenvalue weighted by atomic mass is 9.91. The Bertz CT molecular complexity index is 349. The summed E-state index contributed by atoms with van der Waals surface area (Å²) in [6, 6.07) is 0. The molecule has 1 heterocycles. The Morgan fingerprint density at radius 2 is 1.78 bits per heavy atom. The first-order valence-corrected chi connectivity index (χ1v) is 5.45. The Labute approximate surface area is 104 Å². The zero-order valence-corrected chi connectivity index (χ0v) is 10.4. The second-order valence-corrected chi connectivity index (χ2v) is 4.37. The first-order chi connectivity index (χ1) is 8.23. The number of amides is 2. The van der Waals surface area contributed by atoms with Crippen molar-refractivity contribution in [2.75, 3.05) is 7.05 Å². The van der Waals surface area contributed by atoms with E-state index in [4.69, 9.17) is 4.74 Å². The zero-order valence-electron chi connectivity index (χ0n) is 10.4. The number of rotatable bonds is 2. The molecule has 5 atom stereocenters. The molecule has 0 aromatic heterocycles. The van der Waals surface area contributed by atoms with Crippen molar-refractivity contribution < 1.29 is 29.6 Å². The summed E-state index contributed by atoms with van der Waals surface area (Å²) in [6.07, 6.45) is -6.14. The summed E-state index contributed by atoms with van der Waals surface area (Å²) in [5.74, 6) is -1.17. The summed E-state index contributed by atoms with van der Waals surface area (Å²) in [5.41, 5.74) is -1.65. The topological polar surface area (TPSA) is 128 Å². The lowest BCUT2D eigenvalue weighted by molar-refractivity contribution is -0.265. The minimum Gasteiger partial charge on any atom is -0.387 e. The highest BCUT2D eigenvalue weighted by molar-refractivity contribution is 5.81. The summed E-state index contributed by atoms with van der Waals surface area (Å²) in [7, 11) is 1.34. The normalized spacial score (nSPS) is 40.1. The maximum atomic E-state index is 11.5. The molecule has 1 saturated heterocycles. The second-order valence-electron chi connectivity index (χ2n) is 4.37. The predicted octanol–water partition coefficient (Wildman–Crippen LogP) is -2.93. The Hall–Kier alpha value is -1.22. The minimum atomic E-state index is -1.65. The van der Waals surface area contributed by atoms with E-state index in [2.05, 4.69) is 10.6 Å². The molecule has 0 aromatic carbocycles. The van der Waals surface area contributed by atoms with E-state index in [-0.39, 0.29) is 0 Å². The number of ether oxygens (including phenoxy) is 1. The summed E-state index contributed by atoms with van der Waals surface area (Å²) in [4.78, 5) is 22.6. The fourth-order valence-corrected chi connectivity index (χ4v) is 1.90. The molecule has 0 unspecified atom stereocenters. The number of aliphatic hydroxyl groups excluding tert-OH is 3. The molecule has 0 saturated carbocycles. The first kappa shape index (κ1) is 14.8. The third kappa shape index (κ3) is 2.61. The Morgan fingerprint density at radius 1 is 1.22 bits per heavy atom. The van der Waals surface area contributed by atoms with E-state index >= 15 is 0 Å². The van der Waals surface area contributed by atoms with Gasteiger partial charge in [0.15, 0.2) is 11.8 Å². The van der Waals surface area contributed by atoms with Crippen LogP contribution in [0.25, 0.3) is 0 Å². The quantitative estimate of drug-likeness (QED) is 0.362. The molecule has 8 nitrogen and oxygen atoms in total. The monoisotopic (exact) mass is 262 g/mol. The van der Waals surface area contributed by atoms with Crippen molar-refractivity contribution in [2.45, 2.75) is 44.0 Å². The van der Waals surface area contributed by atoms with Crippen LogP contribution in [0.4, 0.5) is 0 Å². The van der Waals surface area contributed by atoms with E-state index < -0.39 is 42.0 Å². The molecule has 1 aliphatic rings. The molecule has 0 bridgehead atoms. The lowest BCUT2D eigenvalue weighted by Gasteiger charge is -2.46. The third-order valence-electron chi connectivity index (χ3n) is 2.85. The molecule has 104 valence electrons. The first-order valence-electron chi connectivity index (χ1n) is 5.45. The SMILES string of the molecule is CNC(=O)[C@@H]1O[C@](C)(NC(C)=O)[C@@H](O)[C@@H](O)[C@@H]1O. The van der Waals surface area contributed by atoms with Crippen LogP contribution in [0.2, 0.25) is 0 Å². The Kier molecular flexibility index (Phi) is 4.28. The summed E-state index contributed by atoms with van der Waals surface area (Å²) >= 11 is 0. The van der Waals surface area contributed by atoms with E-state index in [9.17, 15) is 24.9 Å². The number of carbonyl (C=O) groups is 2. The van der Waals surface area contributed by atoms with Crippen molar-refractivity contribution in [3.63, 3.8) is 0 Å². The number of nitrogens with one attached hydrogen (secondary N) is 2. The maximum absolute atomic E-state index is 11.5. The van der Waals surface area contributed by atoms with Gasteiger partial charge in [0.1, 0.15) is 18.3 Å². The van der Waals surface area contributed by atoms with Gasteiger partial charge in [-0.1, -0.05) is 0 Å². The van der Waals surface area contributed by atoms with E-state index in [1.807, 2.05) is 0 Å². The molecular formula is C10H18N2O6. The molecule has 8 heteroatoms. The molecule has 5 N–H and O–H groups in total. The molecular weight excluding hydrogens is 244 g/mol. The average Bonchev–Trinajstić information content (AvgIpc) is 2.29. The molecule has 0 radical (unpaired) electrons. The van der Waals surface area contributed by atoms with Crippen molar-refractivity contribution in [1.82, 2.24) is 10.6 Å². The summed E-state index contributed by atoms with van der Waals surface area (Å²) < 4.78 is 5.23. The minimum absolute atomic E-state index is 0.504. The van der Waals surface area contributed by atoms with Gasteiger partial charge in [-0.2, -0.15) is 0 Å². The second kappa shape index (κ2) is 5.19. The average molecular weight is 262 g/mol. The Balaban J connectivity index is 3.00. The fraction of sp³-hybridized carbons (Fsp3) is 0.800. The van der Waals surface area contributed by atoms with Gasteiger partial charge < -0.3 is 30.7 Å². The van der Waals surface area contributed by atoms with Crippen molar-refractivity contribution in [3.05, 3.63) is 0 Å². The molecule has 2 amide bonds. The molecule has 1 aliphatic heterocycles. The standard InChI is InChI=1S/C10H18N2O6/c1-4(13)12-10(2)8(16)6(15)5(14)7(18-10)9(17)11-3/h5-8,14-16H,1-3H3,(H,11,17)(H,12,13)/t5-,6-,7+,8-,10-/m0/s1. The van der Waals surface area contributed by atoms with Gasteiger partial charge in [0.2, 0.25) is 5.91 Å². The van der Waals surface area contributed by atoms with Gasteiger partial charge in [-0.05, 0) is 6.92 Å². The zero-order chi connectivity index (χ0) is 14.1. The van der Waals surface area contributed by atoms with E-state index in [1.54, 1.807) is 0 Å². The van der Waals surface area contributed by atoms with E-state index in [0.717, 1.165) is 0 Å². The highest BCUT2D eigenvalue weighted by atomic mass is 16.6. The predicted molar refractivity (Wildman–Crippen MR) is 59.2 cm³/mol. The number of aliphatic hydroxyl groups is 3. The summed E-state index contributed by atoms with van der Waals surface area (Å²) in [5, 5.41) is 33.7. The van der Waals surface area contributed by atoms with Gasteiger partial charge in [-0.3, -0.25) is 9.59 Å². The van der Waals surface area contributed by atoms with E-state index in [1.165, 1.54) is 20.9 Å². The number of carbonyl (C=O) groups excluding carboxylic acids is 2. The van der Waals surface area contributed by atoms with Gasteiger partial charge in [0.25, 0.3) is 5.91 Å². The van der Waals surface area contributed by atoms with Crippen LogP contribution in [0.5, 0.6) is 0 Å². The fourth-order valence-electron chi connectivity index (χ4n) is 1.90.